The van der Waals surface area contributed by atoms with Crippen molar-refractivity contribution in [3.05, 3.63) is 0 Å². The number of amides is 1. The van der Waals surface area contributed by atoms with E-state index < -0.39 is 6.10 Å². The summed E-state index contributed by atoms with van der Waals surface area (Å²) in [5.41, 5.74) is -0.0878. The van der Waals surface area contributed by atoms with Crippen molar-refractivity contribution in [2.75, 3.05) is 20.2 Å². The molecule has 15 heavy (non-hydrogen) atoms. The first-order valence-corrected chi connectivity index (χ1v) is 5.24. The van der Waals surface area contributed by atoms with Crippen LogP contribution in [-0.2, 0) is 4.79 Å². The van der Waals surface area contributed by atoms with Crippen LogP contribution in [-0.4, -0.2) is 47.3 Å². The Labute approximate surface area is 91.9 Å². The molecular weight excluding hydrogens is 194 g/mol. The summed E-state index contributed by atoms with van der Waals surface area (Å²) >= 11 is 0. The standard InChI is InChI=1S/C11H23NO3/c1-8(11(2,3)4)10(15)12(5)6-9(14)7-13/h8-9,13-14H,6-7H2,1-5H3. The lowest BCUT2D eigenvalue weighted by molar-refractivity contribution is -0.138. The zero-order chi connectivity index (χ0) is 12.2. The summed E-state index contributed by atoms with van der Waals surface area (Å²) in [5.74, 6) is -0.108. The van der Waals surface area contributed by atoms with Crippen LogP contribution in [0.3, 0.4) is 0 Å². The Kier molecular flexibility index (Phi) is 5.24. The van der Waals surface area contributed by atoms with Crippen LogP contribution in [0.5, 0.6) is 0 Å². The molecule has 0 bridgehead atoms. The molecule has 0 saturated heterocycles. The fourth-order valence-electron chi connectivity index (χ4n) is 1.16. The van der Waals surface area contributed by atoms with Crippen molar-refractivity contribution in [3.63, 3.8) is 0 Å². The second-order valence-corrected chi connectivity index (χ2v) is 5.14. The van der Waals surface area contributed by atoms with Gasteiger partial charge in [0.05, 0.1) is 12.7 Å². The van der Waals surface area contributed by atoms with Crippen molar-refractivity contribution in [2.24, 2.45) is 11.3 Å². The van der Waals surface area contributed by atoms with Crippen molar-refractivity contribution >= 4 is 5.91 Å². The van der Waals surface area contributed by atoms with Crippen LogP contribution in [0.25, 0.3) is 0 Å². The minimum absolute atomic E-state index is 0.00463. The molecule has 0 aliphatic heterocycles. The monoisotopic (exact) mass is 217 g/mol. The Morgan fingerprint density at radius 1 is 1.40 bits per heavy atom. The minimum atomic E-state index is -0.855. The van der Waals surface area contributed by atoms with E-state index in [-0.39, 0.29) is 30.4 Å². The molecule has 4 nitrogen and oxygen atoms in total. The maximum Gasteiger partial charge on any atom is 0.225 e. The second-order valence-electron chi connectivity index (χ2n) is 5.14. The van der Waals surface area contributed by atoms with E-state index >= 15 is 0 Å². The van der Waals surface area contributed by atoms with Crippen LogP contribution in [0.15, 0.2) is 0 Å². The molecule has 2 atom stereocenters. The van der Waals surface area contributed by atoms with Gasteiger partial charge in [-0.3, -0.25) is 4.79 Å². The molecule has 0 aromatic rings. The minimum Gasteiger partial charge on any atom is -0.394 e. The first-order valence-electron chi connectivity index (χ1n) is 5.24. The summed E-state index contributed by atoms with van der Waals surface area (Å²) in [5, 5.41) is 17.9. The zero-order valence-corrected chi connectivity index (χ0v) is 10.3. The number of hydrogen-bond acceptors (Lipinski definition) is 3. The molecule has 0 fully saturated rings. The van der Waals surface area contributed by atoms with Crippen molar-refractivity contribution < 1.29 is 15.0 Å². The highest BCUT2D eigenvalue weighted by Crippen LogP contribution is 2.26. The topological polar surface area (TPSA) is 60.8 Å². The predicted molar refractivity (Wildman–Crippen MR) is 59.3 cm³/mol. The largest absolute Gasteiger partial charge is 0.394 e. The van der Waals surface area contributed by atoms with Gasteiger partial charge in [-0.05, 0) is 5.41 Å². The van der Waals surface area contributed by atoms with Crippen molar-refractivity contribution in [1.29, 1.82) is 0 Å². The Morgan fingerprint density at radius 3 is 2.20 bits per heavy atom. The van der Waals surface area contributed by atoms with E-state index in [4.69, 9.17) is 5.11 Å². The third-order valence-corrected chi connectivity index (χ3v) is 2.74. The van der Waals surface area contributed by atoms with Crippen LogP contribution in [0.2, 0.25) is 0 Å². The van der Waals surface area contributed by atoms with Gasteiger partial charge in [0.25, 0.3) is 0 Å². The van der Waals surface area contributed by atoms with Gasteiger partial charge in [-0.1, -0.05) is 27.7 Å². The SMILES string of the molecule is CC(C(=O)N(C)CC(O)CO)C(C)(C)C. The van der Waals surface area contributed by atoms with E-state index in [1.807, 2.05) is 27.7 Å². The van der Waals surface area contributed by atoms with E-state index in [9.17, 15) is 9.90 Å². The Morgan fingerprint density at radius 2 is 1.87 bits per heavy atom. The highest BCUT2D eigenvalue weighted by molar-refractivity contribution is 5.78. The Balaban J connectivity index is 4.32. The fraction of sp³-hybridized carbons (Fsp3) is 0.909. The third kappa shape index (κ3) is 4.62. The lowest BCUT2D eigenvalue weighted by atomic mass is 9.81. The van der Waals surface area contributed by atoms with Gasteiger partial charge in [-0.25, -0.2) is 0 Å². The summed E-state index contributed by atoms with van der Waals surface area (Å²) < 4.78 is 0. The van der Waals surface area contributed by atoms with Gasteiger partial charge in [0.2, 0.25) is 5.91 Å². The smallest absolute Gasteiger partial charge is 0.225 e. The van der Waals surface area contributed by atoms with E-state index in [0.29, 0.717) is 0 Å². The van der Waals surface area contributed by atoms with Gasteiger partial charge in [-0.2, -0.15) is 0 Å². The van der Waals surface area contributed by atoms with E-state index in [2.05, 4.69) is 0 Å². The number of hydrogen-bond donors (Lipinski definition) is 2. The molecule has 90 valence electrons. The van der Waals surface area contributed by atoms with Crippen molar-refractivity contribution in [1.82, 2.24) is 4.90 Å². The maximum absolute atomic E-state index is 11.9. The number of carbonyl (C=O) groups is 1. The van der Waals surface area contributed by atoms with E-state index in [1.54, 1.807) is 7.05 Å². The Bertz CT molecular complexity index is 210. The summed E-state index contributed by atoms with van der Waals surface area (Å²) in [6.07, 6.45) is -0.855. The molecule has 0 aromatic carbocycles. The van der Waals surface area contributed by atoms with Crippen LogP contribution < -0.4 is 0 Å². The molecule has 0 radical (unpaired) electrons. The molecule has 0 saturated carbocycles. The Hall–Kier alpha value is -0.610. The summed E-state index contributed by atoms with van der Waals surface area (Å²) in [7, 11) is 1.64. The molecular formula is C11H23NO3. The fourth-order valence-corrected chi connectivity index (χ4v) is 1.16. The average Bonchev–Trinajstić information content (AvgIpc) is 2.13. The van der Waals surface area contributed by atoms with Crippen molar-refractivity contribution in [2.45, 2.75) is 33.8 Å². The van der Waals surface area contributed by atoms with E-state index in [0.717, 1.165) is 0 Å². The van der Waals surface area contributed by atoms with Gasteiger partial charge in [-0.15, -0.1) is 0 Å². The van der Waals surface area contributed by atoms with Crippen LogP contribution in [0.1, 0.15) is 27.7 Å². The summed E-state index contributed by atoms with van der Waals surface area (Å²) in [6, 6.07) is 0. The molecule has 0 rings (SSSR count). The predicted octanol–water partition coefficient (Wildman–Crippen LogP) is 0.480. The van der Waals surface area contributed by atoms with Gasteiger partial charge in [0, 0.05) is 19.5 Å². The number of nitrogens with zero attached hydrogens (tertiary/aromatic N) is 1. The zero-order valence-electron chi connectivity index (χ0n) is 10.3. The quantitative estimate of drug-likeness (QED) is 0.720. The molecule has 0 spiro atoms. The molecule has 2 unspecified atom stereocenters. The molecule has 1 amide bonds. The lowest BCUT2D eigenvalue weighted by Gasteiger charge is -2.30. The normalized spacial score (nSPS) is 15.9. The first kappa shape index (κ1) is 14.4. The summed E-state index contributed by atoms with van der Waals surface area (Å²) in [6.45, 7) is 7.76. The lowest BCUT2D eigenvalue weighted by Crippen LogP contribution is -2.42. The van der Waals surface area contributed by atoms with Gasteiger partial charge in [0.15, 0.2) is 0 Å². The molecule has 4 heteroatoms. The molecule has 2 N–H and O–H groups in total. The third-order valence-electron chi connectivity index (χ3n) is 2.74. The number of carbonyl (C=O) groups excluding carboxylic acids is 1. The molecule has 0 aliphatic carbocycles. The second kappa shape index (κ2) is 5.47. The number of aliphatic hydroxyl groups excluding tert-OH is 2. The highest BCUT2D eigenvalue weighted by atomic mass is 16.3. The molecule has 0 aromatic heterocycles. The van der Waals surface area contributed by atoms with Gasteiger partial charge in [0.1, 0.15) is 0 Å². The van der Waals surface area contributed by atoms with E-state index in [1.165, 1.54) is 4.90 Å². The number of rotatable bonds is 4. The molecule has 0 aliphatic rings. The average molecular weight is 217 g/mol. The maximum atomic E-state index is 11.9. The van der Waals surface area contributed by atoms with Gasteiger partial charge >= 0.3 is 0 Å². The van der Waals surface area contributed by atoms with Crippen LogP contribution >= 0.6 is 0 Å². The number of likely N-dealkylation sites (N-methyl/N-ethyl adjacent to an activating group) is 1. The molecule has 0 heterocycles. The highest BCUT2D eigenvalue weighted by Gasteiger charge is 2.29. The first-order chi connectivity index (χ1) is 6.70. The summed E-state index contributed by atoms with van der Waals surface area (Å²) in [4.78, 5) is 13.3. The number of aliphatic hydroxyl groups is 2. The van der Waals surface area contributed by atoms with Crippen LogP contribution in [0, 0.1) is 11.3 Å². The van der Waals surface area contributed by atoms with Crippen LogP contribution in [0.4, 0.5) is 0 Å². The van der Waals surface area contributed by atoms with Crippen molar-refractivity contribution in [3.8, 4) is 0 Å². The van der Waals surface area contributed by atoms with Gasteiger partial charge < -0.3 is 15.1 Å².